The second kappa shape index (κ2) is 5.37. The Kier molecular flexibility index (Phi) is 4.11. The van der Waals surface area contributed by atoms with E-state index >= 15 is 0 Å². The van der Waals surface area contributed by atoms with E-state index in [0.29, 0.717) is 17.0 Å². The molecule has 0 aliphatic rings. The van der Waals surface area contributed by atoms with E-state index in [1.54, 1.807) is 26.1 Å². The number of allylic oxidation sites excluding steroid dienone is 1. The van der Waals surface area contributed by atoms with Gasteiger partial charge in [-0.1, -0.05) is 6.07 Å². The molecule has 0 bridgehead atoms. The zero-order valence-corrected chi connectivity index (χ0v) is 10.5. The first-order valence-electron chi connectivity index (χ1n) is 5.16. The summed E-state index contributed by atoms with van der Waals surface area (Å²) in [5.41, 5.74) is 7.03. The zero-order chi connectivity index (χ0) is 13.9. The Bertz CT molecular complexity index is 493. The summed E-state index contributed by atoms with van der Waals surface area (Å²) in [6, 6.07) is 4.59. The van der Waals surface area contributed by atoms with Crippen LogP contribution in [0.15, 0.2) is 23.9 Å². The molecule has 0 aromatic heterocycles. The Morgan fingerprint density at radius 1 is 1.50 bits per heavy atom. The number of nitro benzene ring substituents is 1. The molecule has 1 rings (SSSR count). The van der Waals surface area contributed by atoms with E-state index in [0.717, 1.165) is 0 Å². The first-order valence-corrected chi connectivity index (χ1v) is 5.16. The number of nitrogens with zero attached hydrogens (tertiary/aromatic N) is 2. The highest BCUT2D eigenvalue weighted by molar-refractivity contribution is 5.74. The van der Waals surface area contributed by atoms with Crippen LogP contribution >= 0.6 is 0 Å². The van der Waals surface area contributed by atoms with E-state index in [9.17, 15) is 10.1 Å². The van der Waals surface area contributed by atoms with Crippen LogP contribution in [0.25, 0.3) is 5.70 Å². The topological polar surface area (TPSA) is 108 Å². The van der Waals surface area contributed by atoms with Gasteiger partial charge in [0.2, 0.25) is 5.75 Å². The van der Waals surface area contributed by atoms with Crippen LogP contribution in [-0.2, 0) is 0 Å². The molecule has 0 amide bonds. The number of rotatable bonds is 4. The van der Waals surface area contributed by atoms with Gasteiger partial charge in [-0.15, -0.1) is 0 Å². The summed E-state index contributed by atoms with van der Waals surface area (Å²) >= 11 is 0. The van der Waals surface area contributed by atoms with Gasteiger partial charge in [0.1, 0.15) is 0 Å². The Morgan fingerprint density at radius 2 is 2.11 bits per heavy atom. The van der Waals surface area contributed by atoms with Crippen LogP contribution in [0.4, 0.5) is 5.69 Å². The van der Waals surface area contributed by atoms with Crippen molar-refractivity contribution < 1.29 is 9.66 Å². The van der Waals surface area contributed by atoms with Gasteiger partial charge in [0.15, 0.2) is 0 Å². The average Bonchev–Trinajstić information content (AvgIpc) is 2.27. The number of benzene rings is 1. The predicted octanol–water partition coefficient (Wildman–Crippen LogP) is 1.06. The van der Waals surface area contributed by atoms with Gasteiger partial charge in [-0.25, -0.2) is 5.84 Å². The smallest absolute Gasteiger partial charge is 0.311 e. The normalized spacial score (nSPS) is 11.8. The lowest BCUT2D eigenvalue weighted by Crippen LogP contribution is -2.26. The fraction of sp³-hybridized carbons (Fsp3) is 0.273. The van der Waals surface area contributed by atoms with E-state index in [4.69, 9.17) is 16.3 Å². The van der Waals surface area contributed by atoms with Crippen LogP contribution in [-0.4, -0.2) is 24.1 Å². The van der Waals surface area contributed by atoms with Crippen LogP contribution in [0.1, 0.15) is 12.5 Å². The second-order valence-electron chi connectivity index (χ2n) is 3.76. The fourth-order valence-corrected chi connectivity index (χ4v) is 1.75. The molecule has 0 aliphatic heterocycles. The van der Waals surface area contributed by atoms with Gasteiger partial charge in [-0.05, 0) is 13.0 Å². The average molecular weight is 252 g/mol. The summed E-state index contributed by atoms with van der Waals surface area (Å²) in [4.78, 5) is 10.4. The largest absolute Gasteiger partial charge is 0.490 e. The number of nitrogens with two attached hydrogens (primary N) is 2. The summed E-state index contributed by atoms with van der Waals surface area (Å²) in [6.45, 7) is 1.66. The van der Waals surface area contributed by atoms with Gasteiger partial charge in [-0.2, -0.15) is 0 Å². The molecule has 0 aliphatic carbocycles. The van der Waals surface area contributed by atoms with Crippen molar-refractivity contribution in [2.45, 2.75) is 6.92 Å². The van der Waals surface area contributed by atoms with E-state index in [2.05, 4.69) is 0 Å². The fourth-order valence-electron chi connectivity index (χ4n) is 1.75. The lowest BCUT2D eigenvalue weighted by molar-refractivity contribution is -0.385. The molecule has 0 unspecified atom stereocenters. The Labute approximate surface area is 105 Å². The summed E-state index contributed by atoms with van der Waals surface area (Å²) in [6.07, 6.45) is 0. The SMILES string of the molecule is COc1c(/C(=C(\C)N)N(C)N)cccc1[N+](=O)[O-]. The van der Waals surface area contributed by atoms with E-state index < -0.39 is 4.92 Å². The summed E-state index contributed by atoms with van der Waals surface area (Å²) in [5.74, 6) is 5.83. The molecule has 0 spiro atoms. The Balaban J connectivity index is 3.55. The molecule has 18 heavy (non-hydrogen) atoms. The van der Waals surface area contributed by atoms with E-state index in [1.165, 1.54) is 18.2 Å². The molecular weight excluding hydrogens is 236 g/mol. The van der Waals surface area contributed by atoms with Crippen molar-refractivity contribution >= 4 is 11.4 Å². The van der Waals surface area contributed by atoms with Gasteiger partial charge in [-0.3, -0.25) is 10.1 Å². The number of hydrogen-bond acceptors (Lipinski definition) is 6. The molecule has 0 heterocycles. The van der Waals surface area contributed by atoms with E-state index in [1.807, 2.05) is 0 Å². The Hall–Kier alpha value is -2.28. The van der Waals surface area contributed by atoms with Crippen molar-refractivity contribution in [2.75, 3.05) is 14.2 Å². The number of para-hydroxylation sites is 1. The zero-order valence-electron chi connectivity index (χ0n) is 10.5. The third-order valence-corrected chi connectivity index (χ3v) is 2.38. The summed E-state index contributed by atoms with van der Waals surface area (Å²) in [5, 5.41) is 12.2. The molecule has 7 nitrogen and oxygen atoms in total. The maximum atomic E-state index is 10.9. The van der Waals surface area contributed by atoms with Gasteiger partial charge < -0.3 is 15.5 Å². The van der Waals surface area contributed by atoms with Crippen LogP contribution in [0.2, 0.25) is 0 Å². The number of hydrazine groups is 1. The van der Waals surface area contributed by atoms with Crippen LogP contribution < -0.4 is 16.3 Å². The third kappa shape index (κ3) is 2.51. The number of methoxy groups -OCH3 is 1. The maximum Gasteiger partial charge on any atom is 0.311 e. The molecule has 4 N–H and O–H groups in total. The first kappa shape index (κ1) is 13.8. The Morgan fingerprint density at radius 3 is 2.50 bits per heavy atom. The van der Waals surface area contributed by atoms with Gasteiger partial charge >= 0.3 is 5.69 Å². The van der Waals surface area contributed by atoms with Crippen LogP contribution in [0.3, 0.4) is 0 Å². The van der Waals surface area contributed by atoms with Crippen molar-refractivity contribution in [1.82, 2.24) is 5.01 Å². The standard InChI is InChI=1S/C11H16N4O3/c1-7(12)10(14(2)13)8-5-4-6-9(15(16)17)11(8)18-3/h4-6H,12-13H2,1-3H3/b10-7-. The molecular formula is C11H16N4O3. The van der Waals surface area contributed by atoms with Crippen molar-refractivity contribution in [1.29, 1.82) is 0 Å². The first-order chi connectivity index (χ1) is 8.40. The molecule has 0 atom stereocenters. The minimum absolute atomic E-state index is 0.129. The lowest BCUT2D eigenvalue weighted by atomic mass is 10.1. The highest BCUT2D eigenvalue weighted by atomic mass is 16.6. The van der Waals surface area contributed by atoms with Crippen molar-refractivity contribution in [3.63, 3.8) is 0 Å². The minimum atomic E-state index is -0.512. The van der Waals surface area contributed by atoms with Crippen molar-refractivity contribution in [3.8, 4) is 5.75 Å². The summed E-state index contributed by atoms with van der Waals surface area (Å²) < 4.78 is 5.11. The molecule has 0 saturated carbocycles. The number of nitro groups is 1. The minimum Gasteiger partial charge on any atom is -0.490 e. The van der Waals surface area contributed by atoms with Gasteiger partial charge in [0.05, 0.1) is 23.3 Å². The summed E-state index contributed by atoms with van der Waals surface area (Å²) in [7, 11) is 2.97. The third-order valence-electron chi connectivity index (χ3n) is 2.38. The monoisotopic (exact) mass is 252 g/mol. The molecule has 98 valence electrons. The van der Waals surface area contributed by atoms with Crippen LogP contribution in [0, 0.1) is 10.1 Å². The van der Waals surface area contributed by atoms with E-state index in [-0.39, 0.29) is 11.4 Å². The quantitative estimate of drug-likeness (QED) is 0.471. The lowest BCUT2D eigenvalue weighted by Gasteiger charge is -2.20. The van der Waals surface area contributed by atoms with Crippen molar-refractivity contribution in [2.24, 2.45) is 11.6 Å². The second-order valence-corrected chi connectivity index (χ2v) is 3.76. The van der Waals surface area contributed by atoms with Gasteiger partial charge in [0.25, 0.3) is 0 Å². The number of hydrogen-bond donors (Lipinski definition) is 2. The molecule has 1 aromatic rings. The predicted molar refractivity (Wildman–Crippen MR) is 68.4 cm³/mol. The van der Waals surface area contributed by atoms with Crippen LogP contribution in [0.5, 0.6) is 5.75 Å². The molecule has 0 fully saturated rings. The maximum absolute atomic E-state index is 10.9. The molecule has 0 saturated heterocycles. The molecule has 7 heteroatoms. The molecule has 1 aromatic carbocycles. The highest BCUT2D eigenvalue weighted by Crippen LogP contribution is 2.35. The number of ether oxygens (including phenoxy) is 1. The van der Waals surface area contributed by atoms with Crippen molar-refractivity contribution in [3.05, 3.63) is 39.6 Å². The molecule has 0 radical (unpaired) electrons. The van der Waals surface area contributed by atoms with Gasteiger partial charge in [0, 0.05) is 18.8 Å². The highest BCUT2D eigenvalue weighted by Gasteiger charge is 2.22.